The van der Waals surface area contributed by atoms with Crippen LogP contribution in [0.15, 0.2) is 18.2 Å². The molecular formula is C14H19Cl2FN2O. The summed E-state index contributed by atoms with van der Waals surface area (Å²) in [5, 5.41) is 6.22. The van der Waals surface area contributed by atoms with Gasteiger partial charge in [-0.15, -0.1) is 12.4 Å². The summed E-state index contributed by atoms with van der Waals surface area (Å²) in [5.74, 6) is -0.416. The molecule has 3 nitrogen and oxygen atoms in total. The average molecular weight is 321 g/mol. The summed E-state index contributed by atoms with van der Waals surface area (Å²) in [5.41, 5.74) is 0.439. The van der Waals surface area contributed by atoms with E-state index in [9.17, 15) is 9.18 Å². The van der Waals surface area contributed by atoms with Crippen molar-refractivity contribution in [3.8, 4) is 0 Å². The van der Waals surface area contributed by atoms with Gasteiger partial charge in [0.2, 0.25) is 5.91 Å². The maximum Gasteiger partial charge on any atom is 0.227 e. The molecule has 0 aromatic heterocycles. The average Bonchev–Trinajstić information content (AvgIpc) is 2.40. The van der Waals surface area contributed by atoms with E-state index in [1.807, 2.05) is 6.92 Å². The van der Waals surface area contributed by atoms with E-state index in [1.165, 1.54) is 6.07 Å². The second kappa shape index (κ2) is 7.25. The fraction of sp³-hybridized carbons (Fsp3) is 0.500. The smallest absolute Gasteiger partial charge is 0.227 e. The van der Waals surface area contributed by atoms with E-state index in [2.05, 4.69) is 10.6 Å². The lowest BCUT2D eigenvalue weighted by Gasteiger charge is -2.32. The summed E-state index contributed by atoms with van der Waals surface area (Å²) >= 11 is 5.71. The van der Waals surface area contributed by atoms with Crippen LogP contribution in [0.4, 0.5) is 4.39 Å². The van der Waals surface area contributed by atoms with Gasteiger partial charge in [-0.05, 0) is 44.0 Å². The van der Waals surface area contributed by atoms with Gasteiger partial charge in [0.15, 0.2) is 0 Å². The van der Waals surface area contributed by atoms with Crippen LogP contribution in [0.2, 0.25) is 5.02 Å². The molecule has 112 valence electrons. The van der Waals surface area contributed by atoms with Crippen molar-refractivity contribution in [3.63, 3.8) is 0 Å². The molecule has 1 amide bonds. The number of rotatable bonds is 3. The van der Waals surface area contributed by atoms with Gasteiger partial charge >= 0.3 is 0 Å². The van der Waals surface area contributed by atoms with Crippen molar-refractivity contribution in [2.45, 2.75) is 26.3 Å². The minimum Gasteiger partial charge on any atom is -0.352 e. The highest BCUT2D eigenvalue weighted by atomic mass is 35.5. The normalized spacial score (nSPS) is 21.9. The Morgan fingerprint density at radius 2 is 2.30 bits per heavy atom. The number of benzene rings is 1. The lowest BCUT2D eigenvalue weighted by Crippen LogP contribution is -2.48. The molecule has 1 atom stereocenters. The molecule has 0 spiro atoms. The van der Waals surface area contributed by atoms with E-state index in [4.69, 9.17) is 11.6 Å². The summed E-state index contributed by atoms with van der Waals surface area (Å²) in [4.78, 5) is 12.2. The number of amides is 1. The van der Waals surface area contributed by atoms with Gasteiger partial charge < -0.3 is 10.6 Å². The first-order valence-electron chi connectivity index (χ1n) is 6.44. The van der Waals surface area contributed by atoms with Crippen molar-refractivity contribution >= 4 is 29.9 Å². The summed E-state index contributed by atoms with van der Waals surface area (Å²) in [6.07, 6.45) is 1.89. The van der Waals surface area contributed by atoms with Crippen LogP contribution >= 0.6 is 24.0 Å². The van der Waals surface area contributed by atoms with Crippen molar-refractivity contribution in [2.24, 2.45) is 5.41 Å². The first-order valence-corrected chi connectivity index (χ1v) is 6.82. The van der Waals surface area contributed by atoms with Crippen LogP contribution in [0.3, 0.4) is 0 Å². The summed E-state index contributed by atoms with van der Waals surface area (Å²) in [7, 11) is 0. The van der Waals surface area contributed by atoms with E-state index >= 15 is 0 Å². The molecule has 0 bridgehead atoms. The Balaban J connectivity index is 0.00000200. The third-order valence-electron chi connectivity index (χ3n) is 3.58. The number of nitrogens with one attached hydrogen (secondary N) is 2. The molecule has 1 aliphatic rings. The molecule has 0 aliphatic carbocycles. The van der Waals surface area contributed by atoms with Crippen LogP contribution in [0.5, 0.6) is 0 Å². The quantitative estimate of drug-likeness (QED) is 0.899. The summed E-state index contributed by atoms with van der Waals surface area (Å²) in [6.45, 7) is 4.00. The Labute approximate surface area is 129 Å². The van der Waals surface area contributed by atoms with E-state index in [1.54, 1.807) is 12.1 Å². The molecule has 1 heterocycles. The Kier molecular flexibility index (Phi) is 6.24. The van der Waals surface area contributed by atoms with E-state index in [-0.39, 0.29) is 28.8 Å². The molecule has 2 N–H and O–H groups in total. The van der Waals surface area contributed by atoms with Crippen LogP contribution in [-0.2, 0) is 11.3 Å². The van der Waals surface area contributed by atoms with Crippen LogP contribution in [0, 0.1) is 11.2 Å². The van der Waals surface area contributed by atoms with Gasteiger partial charge in [0.05, 0.1) is 10.4 Å². The molecule has 20 heavy (non-hydrogen) atoms. The van der Waals surface area contributed by atoms with Gasteiger partial charge in [-0.1, -0.05) is 17.7 Å². The molecule has 0 saturated carbocycles. The Morgan fingerprint density at radius 1 is 1.55 bits per heavy atom. The van der Waals surface area contributed by atoms with Crippen molar-refractivity contribution in [2.75, 3.05) is 13.1 Å². The minimum atomic E-state index is -0.444. The highest BCUT2D eigenvalue weighted by Gasteiger charge is 2.34. The number of carbonyl (C=O) groups is 1. The van der Waals surface area contributed by atoms with Gasteiger partial charge in [-0.3, -0.25) is 4.79 Å². The van der Waals surface area contributed by atoms with Crippen molar-refractivity contribution in [3.05, 3.63) is 34.6 Å². The fourth-order valence-corrected chi connectivity index (χ4v) is 2.50. The predicted molar refractivity (Wildman–Crippen MR) is 80.7 cm³/mol. The number of hydrogen-bond donors (Lipinski definition) is 2. The number of hydrogen-bond acceptors (Lipinski definition) is 2. The molecule has 1 fully saturated rings. The van der Waals surface area contributed by atoms with E-state index in [0.717, 1.165) is 24.9 Å². The topological polar surface area (TPSA) is 41.1 Å². The molecule has 0 radical (unpaired) electrons. The zero-order chi connectivity index (χ0) is 13.9. The van der Waals surface area contributed by atoms with Gasteiger partial charge in [0.1, 0.15) is 5.82 Å². The predicted octanol–water partition coefficient (Wildman–Crippen LogP) is 2.91. The molecule has 1 aromatic carbocycles. The first-order chi connectivity index (χ1) is 9.01. The van der Waals surface area contributed by atoms with Crippen LogP contribution in [0.25, 0.3) is 0 Å². The van der Waals surface area contributed by atoms with Gasteiger partial charge in [-0.2, -0.15) is 0 Å². The Hall–Kier alpha value is -0.840. The second-order valence-corrected chi connectivity index (χ2v) is 5.68. The number of carbonyl (C=O) groups excluding carboxylic acids is 1. The molecule has 1 saturated heterocycles. The third-order valence-corrected chi connectivity index (χ3v) is 3.87. The lowest BCUT2D eigenvalue weighted by atomic mass is 9.82. The van der Waals surface area contributed by atoms with Crippen LogP contribution in [-0.4, -0.2) is 19.0 Å². The summed E-state index contributed by atoms with van der Waals surface area (Å²) in [6, 6.07) is 4.48. The second-order valence-electron chi connectivity index (χ2n) is 5.27. The maximum atomic E-state index is 13.0. The Bertz CT molecular complexity index is 476. The summed E-state index contributed by atoms with van der Waals surface area (Å²) < 4.78 is 13.0. The van der Waals surface area contributed by atoms with Crippen molar-refractivity contribution in [1.82, 2.24) is 10.6 Å². The molecule has 6 heteroatoms. The van der Waals surface area contributed by atoms with Crippen molar-refractivity contribution < 1.29 is 9.18 Å². The first kappa shape index (κ1) is 17.2. The standard InChI is InChI=1S/C14H18ClFN2O.ClH/c1-14(5-2-6-17-9-14)13(19)18-8-10-3-4-12(16)11(15)7-10;/h3-4,7,17H,2,5-6,8-9H2,1H3,(H,18,19);1H. The molecule has 1 aliphatic heterocycles. The number of piperidine rings is 1. The lowest BCUT2D eigenvalue weighted by molar-refractivity contribution is -0.131. The molecular weight excluding hydrogens is 302 g/mol. The zero-order valence-electron chi connectivity index (χ0n) is 11.3. The SMILES string of the molecule is CC1(C(=O)NCc2ccc(F)c(Cl)c2)CCCNC1.Cl. The largest absolute Gasteiger partial charge is 0.352 e. The molecule has 2 rings (SSSR count). The third kappa shape index (κ3) is 4.08. The fourth-order valence-electron chi connectivity index (χ4n) is 2.30. The van der Waals surface area contributed by atoms with Gasteiger partial charge in [-0.25, -0.2) is 4.39 Å². The highest BCUT2D eigenvalue weighted by Crippen LogP contribution is 2.25. The maximum absolute atomic E-state index is 13.0. The highest BCUT2D eigenvalue weighted by molar-refractivity contribution is 6.30. The molecule has 1 aromatic rings. The van der Waals surface area contributed by atoms with Gasteiger partial charge in [0, 0.05) is 13.1 Å². The van der Waals surface area contributed by atoms with Crippen molar-refractivity contribution in [1.29, 1.82) is 0 Å². The number of halogens is 3. The van der Waals surface area contributed by atoms with E-state index in [0.29, 0.717) is 13.1 Å². The zero-order valence-corrected chi connectivity index (χ0v) is 12.9. The van der Waals surface area contributed by atoms with Crippen LogP contribution in [0.1, 0.15) is 25.3 Å². The molecule has 1 unspecified atom stereocenters. The monoisotopic (exact) mass is 320 g/mol. The van der Waals surface area contributed by atoms with Crippen LogP contribution < -0.4 is 10.6 Å². The van der Waals surface area contributed by atoms with E-state index < -0.39 is 5.82 Å². The minimum absolute atomic E-state index is 0. The van der Waals surface area contributed by atoms with Gasteiger partial charge in [0.25, 0.3) is 0 Å². The Morgan fingerprint density at radius 3 is 2.90 bits per heavy atom.